The number of hydrogen-bond donors (Lipinski definition) is 12. The van der Waals surface area contributed by atoms with Crippen LogP contribution < -0.4 is 0 Å². The van der Waals surface area contributed by atoms with Crippen molar-refractivity contribution >= 4 is 5.97 Å². The summed E-state index contributed by atoms with van der Waals surface area (Å²) in [6.45, 7) is 12.3. The van der Waals surface area contributed by atoms with Crippen LogP contribution in [-0.4, -0.2) is 185 Å². The van der Waals surface area contributed by atoms with E-state index in [0.717, 1.165) is 12.8 Å². The van der Waals surface area contributed by atoms with E-state index < -0.39 is 152 Å². The van der Waals surface area contributed by atoms with Gasteiger partial charge in [-0.25, -0.2) is 0 Å². The van der Waals surface area contributed by atoms with Crippen molar-refractivity contribution in [3.63, 3.8) is 0 Å². The first kappa shape index (κ1) is 54.9. The summed E-state index contributed by atoms with van der Waals surface area (Å²) >= 11 is 0. The van der Waals surface area contributed by atoms with Gasteiger partial charge >= 0.3 is 5.97 Å². The number of aliphatic hydroxyl groups is 12. The van der Waals surface area contributed by atoms with Gasteiger partial charge in [0.15, 0.2) is 6.29 Å². The Bertz CT molecular complexity index is 1810. The second kappa shape index (κ2) is 20.1. The third kappa shape index (κ3) is 9.15. The summed E-state index contributed by atoms with van der Waals surface area (Å²) in [6, 6.07) is 0. The van der Waals surface area contributed by atoms with Gasteiger partial charge in [0.1, 0.15) is 48.8 Å². The van der Waals surface area contributed by atoms with Gasteiger partial charge in [0.2, 0.25) is 6.29 Å². The molecular formula is C49H80O18V. The van der Waals surface area contributed by atoms with Crippen LogP contribution in [0.4, 0.5) is 0 Å². The molecule has 8 rings (SSSR count). The van der Waals surface area contributed by atoms with Crippen LogP contribution >= 0.6 is 0 Å². The summed E-state index contributed by atoms with van der Waals surface area (Å²) in [7, 11) is 0. The molecule has 5 saturated carbocycles. The molecule has 19 heteroatoms. The first-order chi connectivity index (χ1) is 31.3. The number of aliphatic hydroxyl groups excluding tert-OH is 12. The third-order valence-corrected chi connectivity index (χ3v) is 19.1. The molecule has 1 radical (unpaired) electrons. The van der Waals surface area contributed by atoms with Crippen molar-refractivity contribution in [3.05, 3.63) is 11.6 Å². The maximum atomic E-state index is 14.5. The minimum atomic E-state index is -1.81. The van der Waals surface area contributed by atoms with Crippen molar-refractivity contribution in [3.8, 4) is 0 Å². The molecule has 0 aromatic carbocycles. The molecule has 2 aliphatic heterocycles. The molecule has 18 unspecified atom stereocenters. The van der Waals surface area contributed by atoms with Crippen molar-refractivity contribution in [1.82, 2.24) is 0 Å². The molecule has 8 aliphatic rings. The van der Waals surface area contributed by atoms with Crippen molar-refractivity contribution in [1.29, 1.82) is 0 Å². The molecule has 68 heavy (non-hydrogen) atoms. The summed E-state index contributed by atoms with van der Waals surface area (Å²) in [6.07, 6.45) is -14.3. The van der Waals surface area contributed by atoms with Gasteiger partial charge in [-0.15, -0.1) is 0 Å². The number of carbonyl (C=O) groups is 1. The second-order valence-corrected chi connectivity index (χ2v) is 23.9. The molecule has 389 valence electrons. The Morgan fingerprint density at radius 1 is 0.750 bits per heavy atom. The molecule has 0 amide bonds. The summed E-state index contributed by atoms with van der Waals surface area (Å²) in [5, 5.41) is 131. The molecule has 7 fully saturated rings. The van der Waals surface area contributed by atoms with Crippen LogP contribution in [0.2, 0.25) is 0 Å². The summed E-state index contributed by atoms with van der Waals surface area (Å²) in [5.41, 5.74) is -0.998. The molecule has 27 atom stereocenters. The van der Waals surface area contributed by atoms with Gasteiger partial charge in [-0.05, 0) is 97.2 Å². The topological polar surface area (TPSA) is 306 Å². The first-order valence-electron chi connectivity index (χ1n) is 24.8. The quantitative estimate of drug-likeness (QED) is 0.102. The van der Waals surface area contributed by atoms with E-state index in [9.17, 15) is 66.1 Å². The van der Waals surface area contributed by atoms with E-state index >= 15 is 0 Å². The van der Waals surface area contributed by atoms with Crippen LogP contribution in [0.25, 0.3) is 0 Å². The molecule has 12 N–H and O–H groups in total. The largest absolute Gasteiger partial charge is 0.432 e. The fourth-order valence-corrected chi connectivity index (χ4v) is 15.5. The standard InChI is InChI=1S/C49H80O18.V/c1-20-12-30(35(56)37(58)33(20)54)64-40-21(2)34(55)44(65-31(40)17-50)63-18-32-36(57)38(59)39(60)45(66-32)67-43(62)24-15-46(3,4)14-23-22(24)10-11-47(5)25(23)8-9-26-27(47)13-28(52)41-48(26,6)16-29(53)42(61)49(41,7)19-51;/h8,20-24,26-42,44-45,50-61H,9-19H2,1-7H3;/t20?,21-,22?,23?,24?,26?,27?,28?,29?,30-,31?,32?,33?,34-,35+,36?,37-,38+,39-,40?,41?,42?,44+,45-,47?,48?,49?;/m0./s1. The Hall–Kier alpha value is -0.846. The first-order valence-corrected chi connectivity index (χ1v) is 24.8. The molecule has 2 heterocycles. The van der Waals surface area contributed by atoms with E-state index in [-0.39, 0.29) is 66.1 Å². The van der Waals surface area contributed by atoms with Crippen LogP contribution in [0.3, 0.4) is 0 Å². The zero-order chi connectivity index (χ0) is 49.0. The number of hydrogen-bond acceptors (Lipinski definition) is 18. The van der Waals surface area contributed by atoms with Crippen LogP contribution in [0, 0.1) is 69.0 Å². The number of rotatable bonds is 9. The predicted octanol–water partition coefficient (Wildman–Crippen LogP) is -0.516. The van der Waals surface area contributed by atoms with Gasteiger partial charge in [-0.2, -0.15) is 0 Å². The minimum absolute atomic E-state index is 0. The minimum Gasteiger partial charge on any atom is -0.432 e. The number of fused-ring (bicyclic) bond motifs is 7. The number of carbonyl (C=O) groups excluding carboxylic acids is 1. The summed E-state index contributed by atoms with van der Waals surface area (Å²) in [5.74, 6) is -2.76. The van der Waals surface area contributed by atoms with E-state index in [1.54, 1.807) is 20.8 Å². The molecule has 0 aromatic heterocycles. The Labute approximate surface area is 411 Å². The van der Waals surface area contributed by atoms with E-state index in [1.165, 1.54) is 5.57 Å². The SMILES string of the molecule is CC1C[C@H](OC2C(CO)O[C@@H](OCC3O[C@@H](OC(=O)C4CC(C)(C)CC5C6=CCC7C(CC(O)C8C(C)(CO)C(O)C(O)CC78C)C6(C)CCC45)[C@@H](O)[C@H](O)C3O)[C@@H](O)[C@@H]2C)[C@@H](O)[C@@H](O)C1O.[V]. The van der Waals surface area contributed by atoms with Gasteiger partial charge < -0.3 is 85.0 Å². The van der Waals surface area contributed by atoms with E-state index in [1.807, 2.05) is 0 Å². The smallest absolute Gasteiger partial charge is 0.311 e. The van der Waals surface area contributed by atoms with Gasteiger partial charge in [-0.3, -0.25) is 4.79 Å². The van der Waals surface area contributed by atoms with Crippen LogP contribution in [0.5, 0.6) is 0 Å². The maximum Gasteiger partial charge on any atom is 0.311 e. The molecule has 18 nitrogen and oxygen atoms in total. The van der Waals surface area contributed by atoms with Gasteiger partial charge in [0.25, 0.3) is 0 Å². The van der Waals surface area contributed by atoms with E-state index in [4.69, 9.17) is 23.7 Å². The molecule has 2 saturated heterocycles. The molecule has 0 aromatic rings. The van der Waals surface area contributed by atoms with Crippen molar-refractivity contribution in [2.24, 2.45) is 69.0 Å². The van der Waals surface area contributed by atoms with Gasteiger partial charge in [0.05, 0.1) is 62.4 Å². The Balaban J connectivity index is 0.00000684. The normalized spacial score (nSPS) is 54.4. The van der Waals surface area contributed by atoms with Crippen molar-refractivity contribution < 1.29 is 108 Å². The summed E-state index contributed by atoms with van der Waals surface area (Å²) in [4.78, 5) is 14.5. The number of allylic oxidation sites excluding steroid dienone is 2. The average molecular weight is 1010 g/mol. The van der Waals surface area contributed by atoms with Gasteiger partial charge in [-0.1, -0.05) is 60.1 Å². The molecule has 6 aliphatic carbocycles. The Morgan fingerprint density at radius 3 is 2.07 bits per heavy atom. The maximum absolute atomic E-state index is 14.5. The van der Waals surface area contributed by atoms with Crippen LogP contribution in [0.15, 0.2) is 11.6 Å². The fourth-order valence-electron chi connectivity index (χ4n) is 15.5. The van der Waals surface area contributed by atoms with Gasteiger partial charge in [0, 0.05) is 35.8 Å². The van der Waals surface area contributed by atoms with Crippen molar-refractivity contribution in [2.75, 3.05) is 19.8 Å². The summed E-state index contributed by atoms with van der Waals surface area (Å²) < 4.78 is 29.8. The van der Waals surface area contributed by atoms with E-state index in [0.29, 0.717) is 32.1 Å². The average Bonchev–Trinajstić information content (AvgIpc) is 3.27. The van der Waals surface area contributed by atoms with Crippen LogP contribution in [0.1, 0.15) is 99.8 Å². The molecule has 0 bridgehead atoms. The number of esters is 1. The number of ether oxygens (including phenoxy) is 5. The monoisotopic (exact) mass is 1010 g/mol. The van der Waals surface area contributed by atoms with Crippen molar-refractivity contribution in [2.45, 2.75) is 198 Å². The van der Waals surface area contributed by atoms with E-state index in [2.05, 4.69) is 33.8 Å². The predicted molar refractivity (Wildman–Crippen MR) is 235 cm³/mol. The molecular weight excluding hydrogens is 927 g/mol. The Morgan fingerprint density at radius 2 is 1.41 bits per heavy atom. The Kier molecular flexibility index (Phi) is 16.2. The zero-order valence-corrected chi connectivity index (χ0v) is 41.9. The third-order valence-electron chi connectivity index (χ3n) is 19.1. The molecule has 0 spiro atoms. The second-order valence-electron chi connectivity index (χ2n) is 23.9. The zero-order valence-electron chi connectivity index (χ0n) is 40.5. The fraction of sp³-hybridized carbons (Fsp3) is 0.939. The van der Waals surface area contributed by atoms with Crippen LogP contribution in [-0.2, 0) is 47.0 Å².